The van der Waals surface area contributed by atoms with Crippen LogP contribution in [0.5, 0.6) is 5.75 Å². The molecule has 2 fully saturated rings. The van der Waals surface area contributed by atoms with Gasteiger partial charge in [0.15, 0.2) is 11.4 Å². The molecule has 0 heterocycles. The number of phenolic OH excluding ortho intramolecular Hbond substituents is 1. The minimum absolute atomic E-state index is 0.00176. The van der Waals surface area contributed by atoms with Gasteiger partial charge >= 0.3 is 0 Å². The normalized spacial score (nSPS) is 29.8. The van der Waals surface area contributed by atoms with E-state index in [0.29, 0.717) is 24.0 Å². The van der Waals surface area contributed by atoms with Gasteiger partial charge in [0.2, 0.25) is 5.78 Å². The second kappa shape index (κ2) is 9.23. The summed E-state index contributed by atoms with van der Waals surface area (Å²) in [4.78, 5) is 40.6. The highest BCUT2D eigenvalue weighted by molar-refractivity contribution is 6.24. The highest BCUT2D eigenvalue weighted by Crippen LogP contribution is 2.52. The van der Waals surface area contributed by atoms with E-state index >= 15 is 0 Å². The van der Waals surface area contributed by atoms with Crippen LogP contribution in [0, 0.1) is 23.7 Å². The Bertz CT molecular complexity index is 1420. The van der Waals surface area contributed by atoms with Gasteiger partial charge in [-0.2, -0.15) is 0 Å². The first-order valence-electron chi connectivity index (χ1n) is 13.1. The van der Waals surface area contributed by atoms with Gasteiger partial charge in [-0.15, -0.1) is 0 Å². The fourth-order valence-electron chi connectivity index (χ4n) is 6.81. The summed E-state index contributed by atoms with van der Waals surface area (Å²) >= 11 is 0. The second-order valence-electron chi connectivity index (χ2n) is 11.3. The zero-order chi connectivity index (χ0) is 28.4. The number of amides is 1. The zero-order valence-corrected chi connectivity index (χ0v) is 21.8. The minimum atomic E-state index is -2.68. The number of phenols is 1. The van der Waals surface area contributed by atoms with E-state index in [-0.39, 0.29) is 29.7 Å². The van der Waals surface area contributed by atoms with Crippen LogP contribution in [0.1, 0.15) is 55.2 Å². The topological polar surface area (TPSA) is 182 Å². The number of aliphatic hydroxyl groups is 4. The van der Waals surface area contributed by atoms with Crippen molar-refractivity contribution in [3.8, 4) is 17.6 Å². The number of primary amides is 1. The molecular weight excluding hydrogens is 504 g/mol. The van der Waals surface area contributed by atoms with Crippen LogP contribution in [0.4, 0.5) is 0 Å². The van der Waals surface area contributed by atoms with Gasteiger partial charge in [0.05, 0.1) is 11.6 Å². The predicted molar refractivity (Wildman–Crippen MR) is 139 cm³/mol. The number of hydrogen-bond donors (Lipinski definition) is 6. The molecule has 1 aromatic carbocycles. The molecule has 10 heteroatoms. The van der Waals surface area contributed by atoms with E-state index in [2.05, 4.69) is 11.8 Å². The van der Waals surface area contributed by atoms with E-state index in [1.54, 1.807) is 20.2 Å². The molecular formula is C29H32N2O8. The van der Waals surface area contributed by atoms with Crippen molar-refractivity contribution in [3.05, 3.63) is 45.7 Å². The molecule has 0 spiro atoms. The molecule has 206 valence electrons. The summed E-state index contributed by atoms with van der Waals surface area (Å²) in [7, 11) is 3.10. The molecule has 2 saturated carbocycles. The highest BCUT2D eigenvalue weighted by Gasteiger charge is 2.64. The van der Waals surface area contributed by atoms with Crippen molar-refractivity contribution in [2.24, 2.45) is 17.6 Å². The first-order valence-corrected chi connectivity index (χ1v) is 13.1. The molecule has 0 aromatic heterocycles. The van der Waals surface area contributed by atoms with Gasteiger partial charge in [-0.25, -0.2) is 0 Å². The third kappa shape index (κ3) is 3.95. The molecule has 0 aliphatic heterocycles. The van der Waals surface area contributed by atoms with Crippen LogP contribution in [0.15, 0.2) is 29.0 Å². The fraction of sp³-hybridized carbons (Fsp3) is 0.483. The van der Waals surface area contributed by atoms with Crippen LogP contribution in [0.2, 0.25) is 0 Å². The molecule has 10 nitrogen and oxygen atoms in total. The van der Waals surface area contributed by atoms with E-state index in [1.165, 1.54) is 11.0 Å². The van der Waals surface area contributed by atoms with Crippen molar-refractivity contribution in [1.29, 1.82) is 0 Å². The lowest BCUT2D eigenvalue weighted by Crippen LogP contribution is -2.65. The number of fused-ring (bicyclic) bond motifs is 3. The number of ketones is 2. The van der Waals surface area contributed by atoms with Gasteiger partial charge in [-0.05, 0) is 76.2 Å². The van der Waals surface area contributed by atoms with Gasteiger partial charge in [0, 0.05) is 17.1 Å². The molecule has 0 unspecified atom stereocenters. The van der Waals surface area contributed by atoms with Crippen LogP contribution in [-0.4, -0.2) is 79.2 Å². The van der Waals surface area contributed by atoms with Crippen molar-refractivity contribution < 1.29 is 39.9 Å². The molecule has 4 atom stereocenters. The average molecular weight is 537 g/mol. The molecule has 4 aliphatic carbocycles. The maximum atomic E-state index is 13.9. The van der Waals surface area contributed by atoms with Crippen molar-refractivity contribution >= 4 is 23.2 Å². The molecule has 0 radical (unpaired) electrons. The summed E-state index contributed by atoms with van der Waals surface area (Å²) in [6.07, 6.45) is 4.01. The number of carbonyl (C=O) groups excluding carboxylic acids is 3. The number of nitrogens with zero attached hydrogens (tertiary/aromatic N) is 1. The van der Waals surface area contributed by atoms with Crippen molar-refractivity contribution in [2.75, 3.05) is 14.1 Å². The molecule has 4 aliphatic rings. The standard InChI is InChI=1S/C29H32N2O8/c1-31(2)22-17-13-15-12-16-14(8-11-28(38)9-4-3-5-10-28)6-7-18(32)20(16)23(33)19(15)25(35)29(17,39)26(36)21(24(22)34)27(30)37/h6-7,15,17,22,32-33,36,38-39H,3-5,9-10,12-13H2,1-2H3,(H2,30,37)/t15-,17+,22-,29+/m1/s1. The Labute approximate surface area is 225 Å². The summed E-state index contributed by atoms with van der Waals surface area (Å²) in [5.41, 5.74) is 1.41. The van der Waals surface area contributed by atoms with Gasteiger partial charge in [0.25, 0.3) is 5.91 Å². The Morgan fingerprint density at radius 3 is 2.36 bits per heavy atom. The van der Waals surface area contributed by atoms with Gasteiger partial charge in [0.1, 0.15) is 28.4 Å². The maximum absolute atomic E-state index is 13.9. The molecule has 39 heavy (non-hydrogen) atoms. The first kappa shape index (κ1) is 26.9. The van der Waals surface area contributed by atoms with Crippen LogP contribution >= 0.6 is 0 Å². The van der Waals surface area contributed by atoms with Gasteiger partial charge in [-0.1, -0.05) is 18.3 Å². The van der Waals surface area contributed by atoms with Gasteiger partial charge < -0.3 is 31.3 Å². The smallest absolute Gasteiger partial charge is 0.255 e. The number of nitrogens with two attached hydrogens (primary N) is 1. The van der Waals surface area contributed by atoms with Crippen LogP contribution < -0.4 is 5.73 Å². The third-order valence-electron chi connectivity index (χ3n) is 8.71. The quantitative estimate of drug-likeness (QED) is 0.237. The Balaban J connectivity index is 1.66. The molecule has 1 amide bonds. The SMILES string of the molecule is CN(C)[C@H]1C(=O)C(C(N)=O)=C(O)[C@@]2(O)C(=O)C3=C(O)c4c(O)ccc(C#CC5(O)CCCCC5)c4C[C@@H]3C[C@@H]12. The Morgan fingerprint density at radius 2 is 1.74 bits per heavy atom. The largest absolute Gasteiger partial charge is 0.508 e. The second-order valence-corrected chi connectivity index (χ2v) is 11.3. The number of likely N-dealkylation sites (N-methyl/N-ethyl adjacent to an activating group) is 1. The van der Waals surface area contributed by atoms with Crippen LogP contribution in [-0.2, 0) is 20.8 Å². The molecule has 7 N–H and O–H groups in total. The van der Waals surface area contributed by atoms with E-state index in [4.69, 9.17) is 5.73 Å². The molecule has 1 aromatic rings. The summed E-state index contributed by atoms with van der Waals surface area (Å²) in [5, 5.41) is 55.4. The van der Waals surface area contributed by atoms with E-state index < -0.39 is 63.6 Å². The summed E-state index contributed by atoms with van der Waals surface area (Å²) in [5.74, 6) is -0.982. The lowest BCUT2D eigenvalue weighted by molar-refractivity contribution is -0.153. The summed E-state index contributed by atoms with van der Waals surface area (Å²) in [6, 6.07) is 1.78. The number of rotatable bonds is 2. The van der Waals surface area contributed by atoms with E-state index in [9.17, 15) is 39.9 Å². The molecule has 0 saturated heterocycles. The summed E-state index contributed by atoms with van der Waals surface area (Å²) in [6.45, 7) is 0. The third-order valence-corrected chi connectivity index (χ3v) is 8.71. The number of Topliss-reactive ketones (excluding diaryl/α,β-unsaturated/α-hetero) is 2. The maximum Gasteiger partial charge on any atom is 0.255 e. The van der Waals surface area contributed by atoms with E-state index in [1.807, 2.05) is 0 Å². The van der Waals surface area contributed by atoms with Gasteiger partial charge in [-0.3, -0.25) is 19.3 Å². The zero-order valence-electron chi connectivity index (χ0n) is 21.8. The minimum Gasteiger partial charge on any atom is -0.508 e. The lowest BCUT2D eigenvalue weighted by Gasteiger charge is -2.50. The number of aliphatic hydroxyl groups excluding tert-OH is 2. The fourth-order valence-corrected chi connectivity index (χ4v) is 6.81. The van der Waals surface area contributed by atoms with Crippen molar-refractivity contribution in [3.63, 3.8) is 0 Å². The predicted octanol–water partition coefficient (Wildman–Crippen LogP) is 1.01. The molecule has 0 bridgehead atoms. The average Bonchev–Trinajstić information content (AvgIpc) is 2.86. The first-order chi connectivity index (χ1) is 18.3. The van der Waals surface area contributed by atoms with E-state index in [0.717, 1.165) is 19.3 Å². The number of aromatic hydroxyl groups is 1. The van der Waals surface area contributed by atoms with Crippen molar-refractivity contribution in [2.45, 2.75) is 62.2 Å². The number of hydrogen-bond acceptors (Lipinski definition) is 9. The monoisotopic (exact) mass is 536 g/mol. The van der Waals surface area contributed by atoms with Crippen LogP contribution in [0.3, 0.4) is 0 Å². The Morgan fingerprint density at radius 1 is 1.08 bits per heavy atom. The number of carbonyl (C=O) groups is 3. The number of benzene rings is 1. The highest BCUT2D eigenvalue weighted by atomic mass is 16.3. The lowest BCUT2D eigenvalue weighted by atomic mass is 9.57. The molecule has 5 rings (SSSR count). The summed E-state index contributed by atoms with van der Waals surface area (Å²) < 4.78 is 0. The Kier molecular flexibility index (Phi) is 6.37. The Hall–Kier alpha value is -3.65. The van der Waals surface area contributed by atoms with Crippen LogP contribution in [0.25, 0.3) is 5.76 Å². The van der Waals surface area contributed by atoms with Crippen molar-refractivity contribution in [1.82, 2.24) is 4.90 Å².